The van der Waals surface area contributed by atoms with E-state index in [2.05, 4.69) is 4.98 Å². The second kappa shape index (κ2) is 6.37. The smallest absolute Gasteiger partial charge is 0.305 e. The summed E-state index contributed by atoms with van der Waals surface area (Å²) in [5.41, 5.74) is 2.87. The van der Waals surface area contributed by atoms with Crippen molar-refractivity contribution in [2.45, 2.75) is 26.7 Å². The molecule has 0 saturated carbocycles. The molecule has 106 valence electrons. The van der Waals surface area contributed by atoms with Gasteiger partial charge in [0.25, 0.3) is 0 Å². The number of hydrogen-bond donors (Lipinski definition) is 0. The van der Waals surface area contributed by atoms with Crippen LogP contribution in [0, 0.1) is 6.92 Å². The maximum atomic E-state index is 11.3. The molecule has 2 rings (SSSR count). The van der Waals surface area contributed by atoms with E-state index in [1.807, 2.05) is 38.1 Å². The Kier molecular flexibility index (Phi) is 4.56. The fourth-order valence-corrected chi connectivity index (χ4v) is 2.25. The molecular formula is C16H19NO3. The summed E-state index contributed by atoms with van der Waals surface area (Å²) in [6, 6.07) is 7.90. The van der Waals surface area contributed by atoms with Gasteiger partial charge in [0, 0.05) is 17.5 Å². The molecule has 0 amide bonds. The van der Waals surface area contributed by atoms with Gasteiger partial charge < -0.3 is 9.47 Å². The van der Waals surface area contributed by atoms with Crippen LogP contribution in [-0.2, 0) is 16.0 Å². The van der Waals surface area contributed by atoms with Crippen LogP contribution in [0.5, 0.6) is 5.75 Å². The SMILES string of the molecule is CCOc1cccc2c(CCC(=O)OC)cc(C)nc12. The van der Waals surface area contributed by atoms with Crippen LogP contribution in [0.2, 0.25) is 0 Å². The van der Waals surface area contributed by atoms with Crippen molar-refractivity contribution >= 4 is 16.9 Å². The fraction of sp³-hybridized carbons (Fsp3) is 0.375. The second-order valence-corrected chi connectivity index (χ2v) is 4.58. The topological polar surface area (TPSA) is 48.4 Å². The third-order valence-electron chi connectivity index (χ3n) is 3.14. The zero-order valence-electron chi connectivity index (χ0n) is 12.1. The van der Waals surface area contributed by atoms with Crippen LogP contribution in [0.1, 0.15) is 24.6 Å². The molecular weight excluding hydrogens is 254 g/mol. The van der Waals surface area contributed by atoms with Crippen LogP contribution < -0.4 is 4.74 Å². The fourth-order valence-electron chi connectivity index (χ4n) is 2.25. The molecule has 4 heteroatoms. The number of pyridine rings is 1. The molecule has 0 unspecified atom stereocenters. The predicted octanol–water partition coefficient (Wildman–Crippen LogP) is 3.05. The number of rotatable bonds is 5. The van der Waals surface area contributed by atoms with Gasteiger partial charge in [0.05, 0.1) is 13.7 Å². The predicted molar refractivity (Wildman–Crippen MR) is 78.0 cm³/mol. The van der Waals surface area contributed by atoms with Crippen molar-refractivity contribution in [1.82, 2.24) is 4.98 Å². The highest BCUT2D eigenvalue weighted by Gasteiger charge is 2.10. The lowest BCUT2D eigenvalue weighted by molar-refractivity contribution is -0.140. The van der Waals surface area contributed by atoms with Gasteiger partial charge >= 0.3 is 5.97 Å². The van der Waals surface area contributed by atoms with E-state index < -0.39 is 0 Å². The first kappa shape index (κ1) is 14.3. The molecule has 0 aliphatic heterocycles. The number of aryl methyl sites for hydroxylation is 2. The van der Waals surface area contributed by atoms with Gasteiger partial charge in [0.2, 0.25) is 0 Å². The number of hydrogen-bond acceptors (Lipinski definition) is 4. The summed E-state index contributed by atoms with van der Waals surface area (Å²) in [5.74, 6) is 0.585. The molecule has 0 bridgehead atoms. The van der Waals surface area contributed by atoms with Crippen LogP contribution in [0.4, 0.5) is 0 Å². The molecule has 1 aromatic heterocycles. The van der Waals surface area contributed by atoms with Crippen LogP contribution in [0.15, 0.2) is 24.3 Å². The minimum absolute atomic E-state index is 0.200. The Hall–Kier alpha value is -2.10. The number of aromatic nitrogens is 1. The van der Waals surface area contributed by atoms with Gasteiger partial charge in [-0.3, -0.25) is 4.79 Å². The minimum Gasteiger partial charge on any atom is -0.492 e. The Morgan fingerprint density at radius 2 is 2.15 bits per heavy atom. The first-order valence-corrected chi connectivity index (χ1v) is 6.74. The van der Waals surface area contributed by atoms with Crippen molar-refractivity contribution in [1.29, 1.82) is 0 Å². The molecule has 4 nitrogen and oxygen atoms in total. The number of ether oxygens (including phenoxy) is 2. The average Bonchev–Trinajstić information content (AvgIpc) is 2.45. The molecule has 0 saturated heterocycles. The highest BCUT2D eigenvalue weighted by atomic mass is 16.5. The summed E-state index contributed by atoms with van der Waals surface area (Å²) < 4.78 is 10.3. The molecule has 0 spiro atoms. The maximum absolute atomic E-state index is 11.3. The van der Waals surface area contributed by atoms with Crippen molar-refractivity contribution in [2.75, 3.05) is 13.7 Å². The monoisotopic (exact) mass is 273 g/mol. The van der Waals surface area contributed by atoms with Gasteiger partial charge in [-0.1, -0.05) is 12.1 Å². The molecule has 0 fully saturated rings. The summed E-state index contributed by atoms with van der Waals surface area (Å²) >= 11 is 0. The van der Waals surface area contributed by atoms with Gasteiger partial charge in [-0.2, -0.15) is 0 Å². The quantitative estimate of drug-likeness (QED) is 0.786. The van der Waals surface area contributed by atoms with E-state index in [4.69, 9.17) is 9.47 Å². The van der Waals surface area contributed by atoms with E-state index in [1.54, 1.807) is 0 Å². The minimum atomic E-state index is -0.200. The lowest BCUT2D eigenvalue weighted by atomic mass is 10.0. The Balaban J connectivity index is 2.43. The molecule has 2 aromatic rings. The summed E-state index contributed by atoms with van der Waals surface area (Å²) in [6.07, 6.45) is 1.01. The Bertz CT molecular complexity index is 622. The number of nitrogens with zero attached hydrogens (tertiary/aromatic N) is 1. The standard InChI is InChI=1S/C16H19NO3/c1-4-20-14-7-5-6-13-12(8-9-15(18)19-3)10-11(2)17-16(13)14/h5-7,10H,4,8-9H2,1-3H3. The molecule has 0 radical (unpaired) electrons. The molecule has 0 atom stereocenters. The molecule has 1 heterocycles. The number of carbonyl (C=O) groups excluding carboxylic acids is 1. The Morgan fingerprint density at radius 1 is 1.35 bits per heavy atom. The summed E-state index contributed by atoms with van der Waals surface area (Å²) in [6.45, 7) is 4.50. The van der Waals surface area contributed by atoms with Crippen LogP contribution in [0.25, 0.3) is 10.9 Å². The van der Waals surface area contributed by atoms with Crippen molar-refractivity contribution in [2.24, 2.45) is 0 Å². The third-order valence-corrected chi connectivity index (χ3v) is 3.14. The molecule has 20 heavy (non-hydrogen) atoms. The van der Waals surface area contributed by atoms with E-state index in [1.165, 1.54) is 7.11 Å². The lowest BCUT2D eigenvalue weighted by Gasteiger charge is -2.11. The van der Waals surface area contributed by atoms with Crippen LogP contribution in [-0.4, -0.2) is 24.7 Å². The van der Waals surface area contributed by atoms with E-state index in [-0.39, 0.29) is 5.97 Å². The summed E-state index contributed by atoms with van der Waals surface area (Å²) in [5, 5.41) is 1.03. The lowest BCUT2D eigenvalue weighted by Crippen LogP contribution is -2.03. The van der Waals surface area contributed by atoms with Crippen molar-refractivity contribution in [3.63, 3.8) is 0 Å². The Labute approximate surface area is 118 Å². The molecule has 0 N–H and O–H groups in total. The van der Waals surface area contributed by atoms with Gasteiger partial charge in [-0.05, 0) is 38.0 Å². The summed E-state index contributed by atoms with van der Waals surface area (Å²) in [4.78, 5) is 15.9. The molecule has 0 aliphatic carbocycles. The van der Waals surface area contributed by atoms with Gasteiger partial charge in [0.1, 0.15) is 11.3 Å². The highest BCUT2D eigenvalue weighted by molar-refractivity contribution is 5.88. The van der Waals surface area contributed by atoms with Gasteiger partial charge in [-0.15, -0.1) is 0 Å². The number of para-hydroxylation sites is 1. The first-order valence-electron chi connectivity index (χ1n) is 6.74. The average molecular weight is 273 g/mol. The molecule has 0 aliphatic rings. The van der Waals surface area contributed by atoms with Crippen molar-refractivity contribution < 1.29 is 14.3 Å². The van der Waals surface area contributed by atoms with E-state index >= 15 is 0 Å². The highest BCUT2D eigenvalue weighted by Crippen LogP contribution is 2.27. The second-order valence-electron chi connectivity index (χ2n) is 4.58. The van der Waals surface area contributed by atoms with Crippen molar-refractivity contribution in [3.05, 3.63) is 35.5 Å². The number of fused-ring (bicyclic) bond motifs is 1. The zero-order chi connectivity index (χ0) is 14.5. The van der Waals surface area contributed by atoms with Crippen LogP contribution in [0.3, 0.4) is 0 Å². The number of carbonyl (C=O) groups is 1. The zero-order valence-corrected chi connectivity index (χ0v) is 12.1. The first-order chi connectivity index (χ1) is 9.65. The van der Waals surface area contributed by atoms with Gasteiger partial charge in [-0.25, -0.2) is 4.98 Å². The Morgan fingerprint density at radius 3 is 2.85 bits per heavy atom. The molecule has 1 aromatic carbocycles. The van der Waals surface area contributed by atoms with E-state index in [9.17, 15) is 4.79 Å². The van der Waals surface area contributed by atoms with E-state index in [0.717, 1.165) is 27.9 Å². The third kappa shape index (κ3) is 3.07. The number of methoxy groups -OCH3 is 1. The van der Waals surface area contributed by atoms with E-state index in [0.29, 0.717) is 19.4 Å². The van der Waals surface area contributed by atoms with Crippen molar-refractivity contribution in [3.8, 4) is 5.75 Å². The summed E-state index contributed by atoms with van der Waals surface area (Å²) in [7, 11) is 1.41. The number of esters is 1. The van der Waals surface area contributed by atoms with Gasteiger partial charge in [0.15, 0.2) is 0 Å². The maximum Gasteiger partial charge on any atom is 0.305 e. The largest absolute Gasteiger partial charge is 0.492 e. The van der Waals surface area contributed by atoms with Crippen LogP contribution >= 0.6 is 0 Å². The number of benzene rings is 1. The normalized spacial score (nSPS) is 10.6.